The zero-order chi connectivity index (χ0) is 27.4. The van der Waals surface area contributed by atoms with Crippen LogP contribution in [-0.4, -0.2) is 58.7 Å². The number of rotatable bonds is 12. The van der Waals surface area contributed by atoms with Gasteiger partial charge in [0.2, 0.25) is 6.43 Å². The number of H-pyrrole nitrogens is 1. The Morgan fingerprint density at radius 1 is 1.32 bits per heavy atom. The quantitative estimate of drug-likeness (QED) is 0.245. The monoisotopic (exact) mass is 522 g/mol. The molecule has 0 saturated carbocycles. The number of aromatic amines is 1. The Kier molecular flexibility index (Phi) is 12.4. The summed E-state index contributed by atoms with van der Waals surface area (Å²) >= 11 is 0. The number of alkyl halides is 2. The first-order chi connectivity index (χ1) is 17.7. The number of morpholine rings is 1. The van der Waals surface area contributed by atoms with E-state index in [1.165, 1.54) is 13.1 Å². The molecular weight excluding hydrogens is 478 g/mol. The zero-order valence-electron chi connectivity index (χ0n) is 22.9. The summed E-state index contributed by atoms with van der Waals surface area (Å²) in [7, 11) is 0. The van der Waals surface area contributed by atoms with Gasteiger partial charge in [-0.25, -0.2) is 13.8 Å². The van der Waals surface area contributed by atoms with Gasteiger partial charge in [-0.3, -0.25) is 5.10 Å². The molecule has 37 heavy (non-hydrogen) atoms. The van der Waals surface area contributed by atoms with Gasteiger partial charge < -0.3 is 25.5 Å². The third-order valence-corrected chi connectivity index (χ3v) is 6.83. The SMILES string of the molecule is CCC(F)F.CCCC(O)(CCC(C)CC)c1cc(N2CCOCC2C)nc(Nc2ccn[nH]2)c1C=N. The lowest BCUT2D eigenvalue weighted by Gasteiger charge is -2.37. The summed E-state index contributed by atoms with van der Waals surface area (Å²) in [5.74, 6) is 2.57. The Bertz CT molecular complexity index is 943. The number of anilines is 3. The number of aliphatic hydroxyl groups is 1. The molecule has 1 aliphatic heterocycles. The maximum absolute atomic E-state index is 12.0. The van der Waals surface area contributed by atoms with Crippen molar-refractivity contribution in [3.05, 3.63) is 29.5 Å². The molecule has 3 rings (SSSR count). The van der Waals surface area contributed by atoms with Crippen molar-refractivity contribution >= 4 is 23.7 Å². The fourth-order valence-corrected chi connectivity index (χ4v) is 4.33. The van der Waals surface area contributed by atoms with Gasteiger partial charge in [0, 0.05) is 30.8 Å². The lowest BCUT2D eigenvalue weighted by Crippen LogP contribution is -2.44. The van der Waals surface area contributed by atoms with Crippen LogP contribution in [-0.2, 0) is 10.3 Å². The van der Waals surface area contributed by atoms with Gasteiger partial charge in [0.25, 0.3) is 0 Å². The van der Waals surface area contributed by atoms with Crippen molar-refractivity contribution in [3.63, 3.8) is 0 Å². The van der Waals surface area contributed by atoms with E-state index in [0.29, 0.717) is 49.2 Å². The van der Waals surface area contributed by atoms with Crippen molar-refractivity contribution in [2.45, 2.75) is 91.2 Å². The molecule has 2 aromatic rings. The number of ether oxygens (including phenoxy) is 1. The Morgan fingerprint density at radius 3 is 2.59 bits per heavy atom. The molecule has 3 heterocycles. The van der Waals surface area contributed by atoms with E-state index >= 15 is 0 Å². The van der Waals surface area contributed by atoms with Gasteiger partial charge in [-0.05, 0) is 43.7 Å². The third-order valence-electron chi connectivity index (χ3n) is 6.83. The van der Waals surface area contributed by atoms with Crippen LogP contribution in [0.25, 0.3) is 0 Å². The topological polar surface area (TPSA) is 110 Å². The molecule has 1 aliphatic rings. The van der Waals surface area contributed by atoms with Crippen LogP contribution >= 0.6 is 0 Å². The summed E-state index contributed by atoms with van der Waals surface area (Å²) in [6, 6.07) is 3.99. The summed E-state index contributed by atoms with van der Waals surface area (Å²) in [5, 5.41) is 30.3. The highest BCUT2D eigenvalue weighted by molar-refractivity contribution is 5.89. The first-order valence-corrected chi connectivity index (χ1v) is 13.4. The molecule has 2 aromatic heterocycles. The van der Waals surface area contributed by atoms with Gasteiger partial charge in [0.15, 0.2) is 0 Å². The number of nitrogens with one attached hydrogen (secondary N) is 3. The molecule has 0 bridgehead atoms. The van der Waals surface area contributed by atoms with E-state index in [2.05, 4.69) is 48.1 Å². The molecule has 3 unspecified atom stereocenters. The molecule has 3 atom stereocenters. The average molecular weight is 523 g/mol. The minimum absolute atomic E-state index is 0.0278. The van der Waals surface area contributed by atoms with Crippen molar-refractivity contribution in [3.8, 4) is 0 Å². The Balaban J connectivity index is 0.000000877. The van der Waals surface area contributed by atoms with Crippen molar-refractivity contribution in [2.24, 2.45) is 5.92 Å². The Morgan fingerprint density at radius 2 is 2.05 bits per heavy atom. The molecule has 8 nitrogen and oxygen atoms in total. The summed E-state index contributed by atoms with van der Waals surface area (Å²) in [5.41, 5.74) is 0.357. The van der Waals surface area contributed by atoms with Gasteiger partial charge >= 0.3 is 0 Å². The van der Waals surface area contributed by atoms with Gasteiger partial charge in [-0.15, -0.1) is 0 Å². The van der Waals surface area contributed by atoms with Gasteiger partial charge in [-0.1, -0.05) is 40.5 Å². The van der Waals surface area contributed by atoms with E-state index in [4.69, 9.17) is 15.1 Å². The van der Waals surface area contributed by atoms with Crippen LogP contribution in [0.15, 0.2) is 18.3 Å². The molecule has 4 N–H and O–H groups in total. The standard InChI is InChI=1S/C24H38N6O2.C3H6F2/c1-5-9-24(31,10-7-17(3)6-2)20-14-22(30-12-13-32-16-18(30)4)28-23(19(20)15-25)27-21-8-11-26-29-21;1-2-3(4)5/h8,11,14-15,17-18,25,31H,5-7,9-10,12-13,16H2,1-4H3,(H2,26,27,28,29);3H,2H2,1H3. The Hall–Kier alpha value is -2.59. The molecule has 208 valence electrons. The fraction of sp³-hybridized carbons (Fsp3) is 0.667. The second-order valence-corrected chi connectivity index (χ2v) is 9.78. The number of aromatic nitrogens is 3. The predicted octanol–water partition coefficient (Wildman–Crippen LogP) is 6.25. The van der Waals surface area contributed by atoms with E-state index < -0.39 is 12.0 Å². The van der Waals surface area contributed by atoms with Gasteiger partial charge in [0.1, 0.15) is 17.5 Å². The second-order valence-electron chi connectivity index (χ2n) is 9.78. The highest BCUT2D eigenvalue weighted by atomic mass is 19.3. The Labute approximate surface area is 219 Å². The molecule has 0 radical (unpaired) electrons. The third kappa shape index (κ3) is 8.74. The highest BCUT2D eigenvalue weighted by Gasteiger charge is 2.34. The summed E-state index contributed by atoms with van der Waals surface area (Å²) in [6.07, 6.45) is 4.98. The maximum atomic E-state index is 12.0. The normalized spacial score (nSPS) is 18.1. The largest absolute Gasteiger partial charge is 0.385 e. The van der Waals surface area contributed by atoms with Crippen LogP contribution in [0, 0.1) is 11.3 Å². The molecule has 0 spiro atoms. The lowest BCUT2D eigenvalue weighted by atomic mass is 9.81. The molecule has 0 aliphatic carbocycles. The number of halogens is 2. The maximum Gasteiger partial charge on any atom is 0.238 e. The van der Waals surface area contributed by atoms with Gasteiger partial charge in [-0.2, -0.15) is 5.10 Å². The van der Waals surface area contributed by atoms with E-state index in [-0.39, 0.29) is 12.5 Å². The minimum atomic E-state index is -2.12. The first kappa shape index (κ1) is 30.6. The van der Waals surface area contributed by atoms with E-state index in [0.717, 1.165) is 37.2 Å². The first-order valence-electron chi connectivity index (χ1n) is 13.4. The molecule has 0 amide bonds. The van der Waals surface area contributed by atoms with E-state index in [1.807, 2.05) is 12.1 Å². The van der Waals surface area contributed by atoms with Crippen LogP contribution in [0.5, 0.6) is 0 Å². The van der Waals surface area contributed by atoms with E-state index in [1.54, 1.807) is 6.20 Å². The van der Waals surface area contributed by atoms with Crippen LogP contribution in [0.1, 0.15) is 84.3 Å². The molecule has 1 fully saturated rings. The number of hydrogen-bond acceptors (Lipinski definition) is 7. The van der Waals surface area contributed by atoms with Crippen molar-refractivity contribution < 1.29 is 18.6 Å². The van der Waals surface area contributed by atoms with Crippen molar-refractivity contribution in [2.75, 3.05) is 30.0 Å². The van der Waals surface area contributed by atoms with Gasteiger partial charge in [0.05, 0.1) is 31.1 Å². The van der Waals surface area contributed by atoms with Crippen molar-refractivity contribution in [1.29, 1.82) is 5.41 Å². The van der Waals surface area contributed by atoms with Crippen LogP contribution < -0.4 is 10.2 Å². The van der Waals surface area contributed by atoms with E-state index in [9.17, 15) is 13.9 Å². The number of pyridine rings is 1. The summed E-state index contributed by atoms with van der Waals surface area (Å²) in [4.78, 5) is 7.11. The summed E-state index contributed by atoms with van der Waals surface area (Å²) in [6.45, 7) is 12.1. The molecule has 0 aromatic carbocycles. The molecular formula is C27H44F2N6O2. The van der Waals surface area contributed by atoms with Crippen LogP contribution in [0.4, 0.5) is 26.2 Å². The lowest BCUT2D eigenvalue weighted by molar-refractivity contribution is 0.0118. The molecule has 1 saturated heterocycles. The average Bonchev–Trinajstić information content (AvgIpc) is 3.40. The van der Waals surface area contributed by atoms with Crippen LogP contribution in [0.3, 0.4) is 0 Å². The number of nitrogens with zero attached hydrogens (tertiary/aromatic N) is 3. The van der Waals surface area contributed by atoms with Crippen molar-refractivity contribution in [1.82, 2.24) is 15.2 Å². The summed E-state index contributed by atoms with van der Waals surface area (Å²) < 4.78 is 27.2. The zero-order valence-corrected chi connectivity index (χ0v) is 22.9. The highest BCUT2D eigenvalue weighted by Crippen LogP contribution is 2.39. The van der Waals surface area contributed by atoms with Crippen LogP contribution in [0.2, 0.25) is 0 Å². The molecule has 10 heteroatoms. The smallest absolute Gasteiger partial charge is 0.238 e. The second kappa shape index (κ2) is 15.0. The minimum Gasteiger partial charge on any atom is -0.385 e. The fourth-order valence-electron chi connectivity index (χ4n) is 4.33. The number of hydrogen-bond donors (Lipinski definition) is 4. The predicted molar refractivity (Wildman–Crippen MR) is 145 cm³/mol.